The number of carbonyl (C=O) groups is 2. The highest BCUT2D eigenvalue weighted by molar-refractivity contribution is 6.32. The smallest absolute Gasteiger partial charge is 0.266 e. The van der Waals surface area contributed by atoms with E-state index in [0.717, 1.165) is 12.0 Å². The Balaban J connectivity index is 1.37. The van der Waals surface area contributed by atoms with Gasteiger partial charge in [-0.25, -0.2) is 0 Å². The van der Waals surface area contributed by atoms with Crippen LogP contribution < -0.4 is 24.8 Å². The zero-order valence-corrected chi connectivity index (χ0v) is 15.8. The lowest BCUT2D eigenvalue weighted by atomic mass is 10.1. The van der Waals surface area contributed by atoms with Crippen molar-refractivity contribution in [1.29, 1.82) is 0 Å². The number of para-hydroxylation sites is 2. The molecule has 0 aliphatic carbocycles. The first-order valence-corrected chi connectivity index (χ1v) is 9.39. The lowest BCUT2D eigenvalue weighted by Crippen LogP contribution is -2.40. The van der Waals surface area contributed by atoms with Crippen LogP contribution in [0.2, 0.25) is 5.02 Å². The first-order chi connectivity index (χ1) is 13.6. The second kappa shape index (κ2) is 7.98. The van der Waals surface area contributed by atoms with E-state index < -0.39 is 6.10 Å². The average molecular weight is 403 g/mol. The standard InChI is InChI=1S/C20H19ClN2O5/c21-13-8-12(9-16-19(13)27-7-3-6-26-16)11-22-18(24)10-17-20(25)23-14-4-1-2-5-15(14)28-17/h1-2,4-5,8-9,17H,3,6-7,10-11H2,(H,22,24)(H,23,25)/t17-/m0/s1. The minimum Gasteiger partial charge on any atom is -0.489 e. The highest BCUT2D eigenvalue weighted by Gasteiger charge is 2.29. The third-order valence-electron chi connectivity index (χ3n) is 4.43. The highest BCUT2D eigenvalue weighted by Crippen LogP contribution is 2.38. The van der Waals surface area contributed by atoms with Crippen molar-refractivity contribution in [3.63, 3.8) is 0 Å². The molecule has 0 bridgehead atoms. The van der Waals surface area contributed by atoms with Crippen LogP contribution in [-0.4, -0.2) is 31.1 Å². The van der Waals surface area contributed by atoms with Crippen molar-refractivity contribution in [3.05, 3.63) is 47.0 Å². The summed E-state index contributed by atoms with van der Waals surface area (Å²) in [5, 5.41) is 5.97. The molecule has 0 saturated heterocycles. The summed E-state index contributed by atoms with van der Waals surface area (Å²) in [6.45, 7) is 1.35. The highest BCUT2D eigenvalue weighted by atomic mass is 35.5. The summed E-state index contributed by atoms with van der Waals surface area (Å²) in [6, 6.07) is 10.6. The van der Waals surface area contributed by atoms with Crippen LogP contribution in [-0.2, 0) is 16.1 Å². The van der Waals surface area contributed by atoms with E-state index >= 15 is 0 Å². The van der Waals surface area contributed by atoms with Crippen LogP contribution in [0.1, 0.15) is 18.4 Å². The van der Waals surface area contributed by atoms with Crippen molar-refractivity contribution < 1.29 is 23.8 Å². The number of halogens is 1. The molecule has 0 saturated carbocycles. The van der Waals surface area contributed by atoms with Crippen molar-refractivity contribution in [3.8, 4) is 17.2 Å². The lowest BCUT2D eigenvalue weighted by molar-refractivity contribution is -0.130. The van der Waals surface area contributed by atoms with E-state index in [0.29, 0.717) is 41.2 Å². The molecule has 2 amide bonds. The van der Waals surface area contributed by atoms with Crippen molar-refractivity contribution in [2.75, 3.05) is 18.5 Å². The maximum absolute atomic E-state index is 12.3. The van der Waals surface area contributed by atoms with Gasteiger partial charge in [-0.1, -0.05) is 23.7 Å². The number of nitrogens with one attached hydrogen (secondary N) is 2. The van der Waals surface area contributed by atoms with Crippen LogP contribution in [0.3, 0.4) is 0 Å². The molecule has 4 rings (SSSR count). The van der Waals surface area contributed by atoms with Gasteiger partial charge in [-0.3, -0.25) is 9.59 Å². The Kier molecular flexibility index (Phi) is 5.25. The van der Waals surface area contributed by atoms with Gasteiger partial charge in [0.1, 0.15) is 5.75 Å². The van der Waals surface area contributed by atoms with Gasteiger partial charge in [-0.15, -0.1) is 0 Å². The minimum atomic E-state index is -0.873. The molecule has 2 aromatic rings. The summed E-state index contributed by atoms with van der Waals surface area (Å²) in [6.07, 6.45) is -0.176. The van der Waals surface area contributed by atoms with Gasteiger partial charge in [-0.05, 0) is 29.8 Å². The van der Waals surface area contributed by atoms with E-state index in [-0.39, 0.29) is 24.8 Å². The Labute approximate surface area is 166 Å². The van der Waals surface area contributed by atoms with E-state index in [9.17, 15) is 9.59 Å². The monoisotopic (exact) mass is 402 g/mol. The fourth-order valence-corrected chi connectivity index (χ4v) is 3.34. The molecule has 28 heavy (non-hydrogen) atoms. The predicted octanol–water partition coefficient (Wildman–Crippen LogP) is 2.91. The van der Waals surface area contributed by atoms with Gasteiger partial charge < -0.3 is 24.8 Å². The maximum atomic E-state index is 12.3. The molecule has 146 valence electrons. The summed E-state index contributed by atoms with van der Waals surface area (Å²) in [4.78, 5) is 24.5. The third kappa shape index (κ3) is 3.99. The van der Waals surface area contributed by atoms with Gasteiger partial charge in [0, 0.05) is 13.0 Å². The summed E-state index contributed by atoms with van der Waals surface area (Å²) < 4.78 is 16.9. The first-order valence-electron chi connectivity index (χ1n) is 9.01. The van der Waals surface area contributed by atoms with Gasteiger partial charge in [0.2, 0.25) is 5.91 Å². The van der Waals surface area contributed by atoms with E-state index in [2.05, 4.69) is 10.6 Å². The topological polar surface area (TPSA) is 85.9 Å². The van der Waals surface area contributed by atoms with E-state index in [1.165, 1.54) is 0 Å². The molecule has 0 spiro atoms. The van der Waals surface area contributed by atoms with Gasteiger partial charge >= 0.3 is 0 Å². The Morgan fingerprint density at radius 2 is 2.00 bits per heavy atom. The van der Waals surface area contributed by atoms with E-state index in [4.69, 9.17) is 25.8 Å². The lowest BCUT2D eigenvalue weighted by Gasteiger charge is -2.25. The van der Waals surface area contributed by atoms with Crippen molar-refractivity contribution in [1.82, 2.24) is 5.32 Å². The Morgan fingerprint density at radius 1 is 1.18 bits per heavy atom. The van der Waals surface area contributed by atoms with Gasteiger partial charge in [0.25, 0.3) is 5.91 Å². The summed E-state index contributed by atoms with van der Waals surface area (Å²) >= 11 is 6.27. The number of benzene rings is 2. The molecule has 0 fully saturated rings. The van der Waals surface area contributed by atoms with Crippen LogP contribution >= 0.6 is 11.6 Å². The SMILES string of the molecule is O=C(C[C@@H]1Oc2ccccc2NC1=O)NCc1cc(Cl)c2c(c1)OCCCO2. The molecule has 2 heterocycles. The van der Waals surface area contributed by atoms with Crippen LogP contribution in [0.4, 0.5) is 5.69 Å². The second-order valence-electron chi connectivity index (χ2n) is 6.53. The number of amides is 2. The van der Waals surface area contributed by atoms with Gasteiger partial charge in [0.15, 0.2) is 17.6 Å². The molecule has 0 radical (unpaired) electrons. The molecule has 2 aliphatic rings. The summed E-state index contributed by atoms with van der Waals surface area (Å²) in [5.41, 5.74) is 1.38. The minimum absolute atomic E-state index is 0.0849. The first kappa shape index (κ1) is 18.4. The largest absolute Gasteiger partial charge is 0.489 e. The molecule has 0 unspecified atom stereocenters. The Morgan fingerprint density at radius 3 is 2.89 bits per heavy atom. The summed E-state index contributed by atoms with van der Waals surface area (Å²) in [7, 11) is 0. The molecule has 0 aromatic heterocycles. The number of ether oxygens (including phenoxy) is 3. The van der Waals surface area contributed by atoms with E-state index in [1.807, 2.05) is 0 Å². The van der Waals surface area contributed by atoms with E-state index in [1.54, 1.807) is 36.4 Å². The van der Waals surface area contributed by atoms with Gasteiger partial charge in [0.05, 0.1) is 30.3 Å². The van der Waals surface area contributed by atoms with Crippen LogP contribution in [0.5, 0.6) is 17.2 Å². The van der Waals surface area contributed by atoms with Crippen molar-refractivity contribution in [2.45, 2.75) is 25.5 Å². The maximum Gasteiger partial charge on any atom is 0.266 e. The zero-order chi connectivity index (χ0) is 19.5. The fourth-order valence-electron chi connectivity index (χ4n) is 3.05. The average Bonchev–Trinajstić information content (AvgIpc) is 2.93. The molecule has 2 N–H and O–H groups in total. The van der Waals surface area contributed by atoms with Crippen molar-refractivity contribution in [2.24, 2.45) is 0 Å². The Bertz CT molecular complexity index is 917. The number of hydrogen-bond acceptors (Lipinski definition) is 5. The molecule has 2 aromatic carbocycles. The molecule has 7 nitrogen and oxygen atoms in total. The zero-order valence-electron chi connectivity index (χ0n) is 15.0. The summed E-state index contributed by atoms with van der Waals surface area (Å²) in [5.74, 6) is 1.01. The predicted molar refractivity (Wildman–Crippen MR) is 103 cm³/mol. The van der Waals surface area contributed by atoms with Crippen LogP contribution in [0, 0.1) is 0 Å². The molecular formula is C20H19ClN2O5. The van der Waals surface area contributed by atoms with Crippen LogP contribution in [0.25, 0.3) is 0 Å². The quantitative estimate of drug-likeness (QED) is 0.821. The van der Waals surface area contributed by atoms with Gasteiger partial charge in [-0.2, -0.15) is 0 Å². The van der Waals surface area contributed by atoms with Crippen molar-refractivity contribution >= 4 is 29.1 Å². The molecular weight excluding hydrogens is 384 g/mol. The second-order valence-corrected chi connectivity index (χ2v) is 6.94. The molecule has 2 aliphatic heterocycles. The number of hydrogen-bond donors (Lipinski definition) is 2. The van der Waals surface area contributed by atoms with Crippen LogP contribution in [0.15, 0.2) is 36.4 Å². The number of fused-ring (bicyclic) bond motifs is 2. The number of carbonyl (C=O) groups excluding carboxylic acids is 2. The fraction of sp³-hybridized carbons (Fsp3) is 0.300. The molecule has 8 heteroatoms. The number of anilines is 1. The number of rotatable bonds is 4. The third-order valence-corrected chi connectivity index (χ3v) is 4.71. The molecule has 1 atom stereocenters. The normalized spacial score (nSPS) is 17.6. The Hall–Kier alpha value is -2.93.